The lowest BCUT2D eigenvalue weighted by molar-refractivity contribution is -0.139. The Balaban J connectivity index is 2.10. The molecule has 1 atom stereocenters. The molecule has 0 spiro atoms. The number of thiazole rings is 1. The molecule has 2 N–H and O–H groups in total. The number of rotatable bonds is 4. The van der Waals surface area contributed by atoms with Crippen molar-refractivity contribution >= 4 is 28.1 Å². The number of hydrogen-bond donors (Lipinski definition) is 2. The number of carboxylic acids is 1. The summed E-state index contributed by atoms with van der Waals surface area (Å²) in [5.74, 6) is -1.72. The highest BCUT2D eigenvalue weighted by Crippen LogP contribution is 2.31. The minimum absolute atomic E-state index is 0.405. The summed E-state index contributed by atoms with van der Waals surface area (Å²) in [7, 11) is 0. The van der Waals surface area contributed by atoms with Crippen molar-refractivity contribution in [3.8, 4) is 0 Å². The lowest BCUT2D eigenvalue weighted by atomic mass is 10.1. The van der Waals surface area contributed by atoms with E-state index < -0.39 is 23.6 Å². The predicted octanol–water partition coefficient (Wildman–Crippen LogP) is 4.09. The van der Waals surface area contributed by atoms with Gasteiger partial charge in [0.15, 0.2) is 5.13 Å². The van der Waals surface area contributed by atoms with Crippen molar-refractivity contribution < 1.29 is 23.1 Å². The molecule has 2 rings (SSSR count). The summed E-state index contributed by atoms with van der Waals surface area (Å²) < 4.78 is 37.3. The Morgan fingerprint density at radius 2 is 1.95 bits per heavy atom. The van der Waals surface area contributed by atoms with E-state index in [0.717, 1.165) is 12.1 Å². The molecule has 0 aliphatic rings. The lowest BCUT2D eigenvalue weighted by Gasteiger charge is -2.08. The molecule has 21 heavy (non-hydrogen) atoms. The molecule has 8 heteroatoms. The molecule has 1 aromatic carbocycles. The van der Waals surface area contributed by atoms with Gasteiger partial charge in [-0.3, -0.25) is 4.79 Å². The number of nitrogens with zero attached hydrogens (tertiary/aromatic N) is 1. The summed E-state index contributed by atoms with van der Waals surface area (Å²) in [6, 6.07) is 4.53. The van der Waals surface area contributed by atoms with Crippen LogP contribution in [0.15, 0.2) is 29.6 Å². The van der Waals surface area contributed by atoms with Crippen LogP contribution in [0.1, 0.15) is 24.1 Å². The van der Waals surface area contributed by atoms with Crippen LogP contribution in [0.4, 0.5) is 24.0 Å². The maximum Gasteiger partial charge on any atom is 0.416 e. The van der Waals surface area contributed by atoms with Crippen LogP contribution in [0.5, 0.6) is 0 Å². The third-order valence-electron chi connectivity index (χ3n) is 2.80. The monoisotopic (exact) mass is 316 g/mol. The molecule has 4 nitrogen and oxygen atoms in total. The fourth-order valence-electron chi connectivity index (χ4n) is 1.53. The Morgan fingerprint density at radius 1 is 1.33 bits per heavy atom. The van der Waals surface area contributed by atoms with E-state index >= 15 is 0 Å². The van der Waals surface area contributed by atoms with E-state index in [2.05, 4.69) is 10.3 Å². The zero-order chi connectivity index (χ0) is 15.6. The first kappa shape index (κ1) is 15.3. The first-order valence-electron chi connectivity index (χ1n) is 5.90. The normalized spacial score (nSPS) is 13.0. The molecule has 112 valence electrons. The summed E-state index contributed by atoms with van der Waals surface area (Å²) in [4.78, 5) is 14.9. The molecular formula is C13H11F3N2O2S. The maximum absolute atomic E-state index is 12.4. The van der Waals surface area contributed by atoms with Crippen molar-refractivity contribution in [3.63, 3.8) is 0 Å². The first-order chi connectivity index (χ1) is 9.77. The molecule has 0 fully saturated rings. The van der Waals surface area contributed by atoms with Crippen LogP contribution in [0.3, 0.4) is 0 Å². The molecule has 0 aliphatic carbocycles. The number of carbonyl (C=O) groups is 1. The number of hydrogen-bond acceptors (Lipinski definition) is 4. The molecule has 0 aliphatic heterocycles. The molecule has 0 bridgehead atoms. The van der Waals surface area contributed by atoms with Crippen LogP contribution < -0.4 is 5.32 Å². The van der Waals surface area contributed by atoms with Gasteiger partial charge in [0.1, 0.15) is 0 Å². The van der Waals surface area contributed by atoms with Crippen molar-refractivity contribution in [1.82, 2.24) is 4.98 Å². The topological polar surface area (TPSA) is 62.2 Å². The Morgan fingerprint density at radius 3 is 2.48 bits per heavy atom. The lowest BCUT2D eigenvalue weighted by Crippen LogP contribution is -2.07. The van der Waals surface area contributed by atoms with Crippen LogP contribution >= 0.6 is 11.3 Å². The largest absolute Gasteiger partial charge is 0.481 e. The molecular weight excluding hydrogens is 305 g/mol. The predicted molar refractivity (Wildman–Crippen MR) is 72.9 cm³/mol. The summed E-state index contributed by atoms with van der Waals surface area (Å²) in [5.41, 5.74) is 0.126. The number of carboxylic acid groups (broad SMARTS) is 1. The van der Waals surface area contributed by atoms with Crippen LogP contribution in [0.25, 0.3) is 0 Å². The highest BCUT2D eigenvalue weighted by Gasteiger charge is 2.29. The molecule has 0 radical (unpaired) electrons. The smallest absolute Gasteiger partial charge is 0.416 e. The van der Waals surface area contributed by atoms with Gasteiger partial charge in [-0.2, -0.15) is 13.2 Å². The second-order valence-corrected chi connectivity index (χ2v) is 5.20. The van der Waals surface area contributed by atoms with Gasteiger partial charge in [-0.05, 0) is 31.2 Å². The van der Waals surface area contributed by atoms with Crippen molar-refractivity contribution in [1.29, 1.82) is 0 Å². The van der Waals surface area contributed by atoms with Crippen molar-refractivity contribution in [2.75, 3.05) is 5.32 Å². The van der Waals surface area contributed by atoms with E-state index in [9.17, 15) is 18.0 Å². The molecule has 0 amide bonds. The molecule has 0 saturated carbocycles. The van der Waals surface area contributed by atoms with E-state index in [1.807, 2.05) is 0 Å². The zero-order valence-corrected chi connectivity index (χ0v) is 11.6. The van der Waals surface area contributed by atoms with Gasteiger partial charge < -0.3 is 10.4 Å². The number of halogens is 3. The zero-order valence-electron chi connectivity index (χ0n) is 10.8. The average Bonchev–Trinajstić information content (AvgIpc) is 2.85. The summed E-state index contributed by atoms with van der Waals surface area (Å²) >= 11 is 1.19. The second kappa shape index (κ2) is 5.72. The van der Waals surface area contributed by atoms with Crippen molar-refractivity contribution in [3.05, 3.63) is 40.9 Å². The van der Waals surface area contributed by atoms with Crippen LogP contribution in [-0.2, 0) is 11.0 Å². The van der Waals surface area contributed by atoms with Gasteiger partial charge >= 0.3 is 12.1 Å². The van der Waals surface area contributed by atoms with Crippen molar-refractivity contribution in [2.45, 2.75) is 19.0 Å². The van der Waals surface area contributed by atoms with Crippen LogP contribution in [0.2, 0.25) is 0 Å². The summed E-state index contributed by atoms with van der Waals surface area (Å²) in [5, 5.41) is 13.8. The number of aromatic nitrogens is 1. The summed E-state index contributed by atoms with van der Waals surface area (Å²) in [6.45, 7) is 1.51. The number of benzene rings is 1. The maximum atomic E-state index is 12.4. The van der Waals surface area contributed by atoms with Crippen LogP contribution in [0, 0.1) is 0 Å². The van der Waals surface area contributed by atoms with Crippen molar-refractivity contribution in [2.24, 2.45) is 0 Å². The average molecular weight is 316 g/mol. The number of nitrogens with one attached hydrogen (secondary N) is 1. The highest BCUT2D eigenvalue weighted by atomic mass is 32.1. The third-order valence-corrected chi connectivity index (χ3v) is 3.58. The SMILES string of the molecule is CC(C(=O)O)c1csc(Nc2ccc(C(F)(F)F)cc2)n1. The molecule has 0 saturated heterocycles. The standard InChI is InChI=1S/C13H11F3N2O2S/c1-7(11(19)20)10-6-21-12(18-10)17-9-4-2-8(3-5-9)13(14,15)16/h2-7H,1H3,(H,17,18)(H,19,20). The fraction of sp³-hybridized carbons (Fsp3) is 0.231. The van der Waals surface area contributed by atoms with E-state index in [4.69, 9.17) is 5.11 Å². The Bertz CT molecular complexity index is 638. The number of alkyl halides is 3. The minimum atomic E-state index is -4.37. The van der Waals surface area contributed by atoms with E-state index in [1.54, 1.807) is 5.38 Å². The van der Waals surface area contributed by atoms with Crippen LogP contribution in [-0.4, -0.2) is 16.1 Å². The van der Waals surface area contributed by atoms with E-state index in [-0.39, 0.29) is 0 Å². The minimum Gasteiger partial charge on any atom is -0.481 e. The van der Waals surface area contributed by atoms with Gasteiger partial charge in [-0.15, -0.1) is 11.3 Å². The first-order valence-corrected chi connectivity index (χ1v) is 6.78. The molecule has 1 heterocycles. The molecule has 2 aromatic rings. The Hall–Kier alpha value is -2.09. The van der Waals surface area contributed by atoms with Gasteiger partial charge in [-0.25, -0.2) is 4.98 Å². The molecule has 1 unspecified atom stereocenters. The third kappa shape index (κ3) is 3.72. The van der Waals surface area contributed by atoms with E-state index in [1.165, 1.54) is 30.4 Å². The van der Waals surface area contributed by atoms with Gasteiger partial charge in [0.25, 0.3) is 0 Å². The Kier molecular flexibility index (Phi) is 4.17. The molecule has 1 aromatic heterocycles. The fourth-order valence-corrected chi connectivity index (χ4v) is 2.36. The summed E-state index contributed by atoms with van der Waals surface area (Å²) in [6.07, 6.45) is -4.37. The second-order valence-electron chi connectivity index (χ2n) is 4.34. The van der Waals surface area contributed by atoms with Gasteiger partial charge in [0.2, 0.25) is 0 Å². The van der Waals surface area contributed by atoms with E-state index in [0.29, 0.717) is 16.5 Å². The van der Waals surface area contributed by atoms with Gasteiger partial charge in [0, 0.05) is 11.1 Å². The van der Waals surface area contributed by atoms with Gasteiger partial charge in [0.05, 0.1) is 17.2 Å². The quantitative estimate of drug-likeness (QED) is 0.891. The van der Waals surface area contributed by atoms with Gasteiger partial charge in [-0.1, -0.05) is 0 Å². The number of anilines is 2. The number of aliphatic carboxylic acids is 1. The Labute approximate surface area is 122 Å². The highest BCUT2D eigenvalue weighted by molar-refractivity contribution is 7.13.